The maximum Gasteiger partial charge on any atom is 0.244 e. The first-order valence-corrected chi connectivity index (χ1v) is 7.18. The molecule has 1 aliphatic rings. The third kappa shape index (κ3) is 3.28. The van der Waals surface area contributed by atoms with Gasteiger partial charge in [-0.2, -0.15) is 0 Å². The Balaban J connectivity index is 1.64. The summed E-state index contributed by atoms with van der Waals surface area (Å²) in [4.78, 5) is 11.8. The summed E-state index contributed by atoms with van der Waals surface area (Å²) in [6, 6.07) is 11.5. The second kappa shape index (κ2) is 6.35. The van der Waals surface area contributed by atoms with E-state index in [4.69, 9.17) is 9.15 Å². The lowest BCUT2D eigenvalue weighted by Crippen LogP contribution is -2.21. The molecule has 0 aliphatic carbocycles. The summed E-state index contributed by atoms with van der Waals surface area (Å²) in [7, 11) is 0. The van der Waals surface area contributed by atoms with Crippen LogP contribution in [0.15, 0.2) is 64.8 Å². The van der Waals surface area contributed by atoms with Crippen LogP contribution in [0.1, 0.15) is 18.2 Å². The zero-order valence-electron chi connectivity index (χ0n) is 12.3. The standard InChI is InChI=1S/C18H17NO3/c1-13-14(11-15-5-2-3-7-17(15)22-13)8-9-18(20)19-12-16-6-4-10-21-16/h2-11,13H,12H2,1H3,(H,19,20)/b9-8+. The zero-order chi connectivity index (χ0) is 15.4. The SMILES string of the molecule is CC1Oc2ccccc2C=C1/C=C/C(=O)NCc1ccco1. The van der Waals surface area contributed by atoms with Crippen molar-refractivity contribution in [1.29, 1.82) is 0 Å². The summed E-state index contributed by atoms with van der Waals surface area (Å²) in [5, 5.41) is 2.77. The van der Waals surface area contributed by atoms with Crippen molar-refractivity contribution < 1.29 is 13.9 Å². The van der Waals surface area contributed by atoms with Gasteiger partial charge >= 0.3 is 0 Å². The quantitative estimate of drug-likeness (QED) is 0.880. The van der Waals surface area contributed by atoms with Crippen molar-refractivity contribution in [2.75, 3.05) is 0 Å². The van der Waals surface area contributed by atoms with E-state index in [0.29, 0.717) is 6.54 Å². The number of benzene rings is 1. The summed E-state index contributed by atoms with van der Waals surface area (Å²) < 4.78 is 11.0. The van der Waals surface area contributed by atoms with E-state index in [-0.39, 0.29) is 12.0 Å². The van der Waals surface area contributed by atoms with Crippen molar-refractivity contribution in [3.63, 3.8) is 0 Å². The molecule has 1 aromatic heterocycles. The van der Waals surface area contributed by atoms with Gasteiger partial charge in [0.05, 0.1) is 12.8 Å². The van der Waals surface area contributed by atoms with Gasteiger partial charge in [-0.3, -0.25) is 4.79 Å². The predicted octanol–water partition coefficient (Wildman–Crippen LogP) is 3.32. The number of rotatable bonds is 4. The van der Waals surface area contributed by atoms with E-state index >= 15 is 0 Å². The number of amides is 1. The highest BCUT2D eigenvalue weighted by Gasteiger charge is 2.16. The molecule has 0 radical (unpaired) electrons. The van der Waals surface area contributed by atoms with Gasteiger partial charge in [-0.15, -0.1) is 0 Å². The number of carbonyl (C=O) groups is 1. The molecule has 2 aromatic rings. The highest BCUT2D eigenvalue weighted by atomic mass is 16.5. The first kappa shape index (κ1) is 14.2. The molecular weight excluding hydrogens is 278 g/mol. The van der Waals surface area contributed by atoms with Crippen molar-refractivity contribution in [2.45, 2.75) is 19.6 Å². The number of para-hydroxylation sites is 1. The molecule has 0 spiro atoms. The van der Waals surface area contributed by atoms with Crippen LogP contribution in [-0.4, -0.2) is 12.0 Å². The maximum absolute atomic E-state index is 11.8. The van der Waals surface area contributed by atoms with Crippen molar-refractivity contribution in [2.24, 2.45) is 0 Å². The van der Waals surface area contributed by atoms with Crippen molar-refractivity contribution in [3.8, 4) is 5.75 Å². The summed E-state index contributed by atoms with van der Waals surface area (Å²) in [6.45, 7) is 2.34. The molecule has 0 bridgehead atoms. The highest BCUT2D eigenvalue weighted by molar-refractivity contribution is 5.88. The van der Waals surface area contributed by atoms with Crippen molar-refractivity contribution >= 4 is 12.0 Å². The minimum Gasteiger partial charge on any atom is -0.485 e. The molecule has 1 atom stereocenters. The Labute approximate surface area is 129 Å². The summed E-state index contributed by atoms with van der Waals surface area (Å²) in [5.41, 5.74) is 1.99. The van der Waals surface area contributed by atoms with Gasteiger partial charge in [0.1, 0.15) is 17.6 Å². The topological polar surface area (TPSA) is 51.5 Å². The number of ether oxygens (including phenoxy) is 1. The van der Waals surface area contributed by atoms with Crippen LogP contribution in [0.3, 0.4) is 0 Å². The molecule has 22 heavy (non-hydrogen) atoms. The van der Waals surface area contributed by atoms with E-state index in [0.717, 1.165) is 22.6 Å². The van der Waals surface area contributed by atoms with E-state index in [9.17, 15) is 4.79 Å². The molecule has 1 aromatic carbocycles. The fourth-order valence-electron chi connectivity index (χ4n) is 2.26. The Morgan fingerprint density at radius 1 is 1.27 bits per heavy atom. The molecule has 3 rings (SSSR count). The molecule has 1 amide bonds. The monoisotopic (exact) mass is 295 g/mol. The minimum atomic E-state index is -0.164. The minimum absolute atomic E-state index is 0.0796. The Morgan fingerprint density at radius 2 is 2.14 bits per heavy atom. The highest BCUT2D eigenvalue weighted by Crippen LogP contribution is 2.29. The largest absolute Gasteiger partial charge is 0.485 e. The molecule has 0 fully saturated rings. The van der Waals surface area contributed by atoms with Gasteiger partial charge in [-0.1, -0.05) is 18.2 Å². The Kier molecular flexibility index (Phi) is 4.10. The fourth-order valence-corrected chi connectivity index (χ4v) is 2.26. The van der Waals surface area contributed by atoms with Gasteiger partial charge in [0.15, 0.2) is 0 Å². The van der Waals surface area contributed by atoms with E-state index in [1.807, 2.05) is 43.3 Å². The number of nitrogens with one attached hydrogen (secondary N) is 1. The molecule has 1 aliphatic heterocycles. The van der Waals surface area contributed by atoms with Crippen LogP contribution in [0.25, 0.3) is 6.08 Å². The first-order chi connectivity index (χ1) is 10.7. The lowest BCUT2D eigenvalue weighted by molar-refractivity contribution is -0.116. The molecular formula is C18H17NO3. The smallest absolute Gasteiger partial charge is 0.244 e. The Bertz CT molecular complexity index is 714. The van der Waals surface area contributed by atoms with Crippen LogP contribution in [0.2, 0.25) is 0 Å². The normalized spacial score (nSPS) is 16.8. The van der Waals surface area contributed by atoms with Gasteiger partial charge in [0.2, 0.25) is 5.91 Å². The van der Waals surface area contributed by atoms with E-state index < -0.39 is 0 Å². The van der Waals surface area contributed by atoms with Crippen molar-refractivity contribution in [1.82, 2.24) is 5.32 Å². The summed E-state index contributed by atoms with van der Waals surface area (Å²) in [5.74, 6) is 1.43. The lowest BCUT2D eigenvalue weighted by Gasteiger charge is -2.22. The van der Waals surface area contributed by atoms with E-state index in [1.54, 1.807) is 18.4 Å². The van der Waals surface area contributed by atoms with Crippen LogP contribution >= 0.6 is 0 Å². The third-order valence-electron chi connectivity index (χ3n) is 3.46. The van der Waals surface area contributed by atoms with Crippen LogP contribution in [0.4, 0.5) is 0 Å². The second-order valence-electron chi connectivity index (χ2n) is 5.07. The summed E-state index contributed by atoms with van der Waals surface area (Å²) >= 11 is 0. The first-order valence-electron chi connectivity index (χ1n) is 7.18. The fraction of sp³-hybridized carbons (Fsp3) is 0.167. The maximum atomic E-state index is 11.8. The number of carbonyl (C=O) groups excluding carboxylic acids is 1. The molecule has 4 nitrogen and oxygen atoms in total. The molecule has 1 unspecified atom stereocenters. The Hall–Kier alpha value is -2.75. The third-order valence-corrected chi connectivity index (χ3v) is 3.46. The molecule has 0 saturated carbocycles. The van der Waals surface area contributed by atoms with Gasteiger partial charge in [-0.25, -0.2) is 0 Å². The van der Waals surface area contributed by atoms with E-state index in [1.165, 1.54) is 6.08 Å². The predicted molar refractivity (Wildman–Crippen MR) is 84.2 cm³/mol. The van der Waals surface area contributed by atoms with Crippen LogP contribution in [-0.2, 0) is 11.3 Å². The second-order valence-corrected chi connectivity index (χ2v) is 5.07. The van der Waals surface area contributed by atoms with Crippen LogP contribution < -0.4 is 10.1 Å². The molecule has 112 valence electrons. The lowest BCUT2D eigenvalue weighted by atomic mass is 10.0. The van der Waals surface area contributed by atoms with Gasteiger partial charge < -0.3 is 14.5 Å². The van der Waals surface area contributed by atoms with Gasteiger partial charge in [0.25, 0.3) is 0 Å². The molecule has 4 heteroatoms. The number of fused-ring (bicyclic) bond motifs is 1. The molecule has 2 heterocycles. The molecule has 0 saturated heterocycles. The number of hydrogen-bond donors (Lipinski definition) is 1. The van der Waals surface area contributed by atoms with Crippen LogP contribution in [0, 0.1) is 0 Å². The summed E-state index contributed by atoms with van der Waals surface area (Å²) in [6.07, 6.45) is 6.85. The van der Waals surface area contributed by atoms with E-state index in [2.05, 4.69) is 5.32 Å². The average Bonchev–Trinajstić information content (AvgIpc) is 3.04. The number of furan rings is 1. The number of hydrogen-bond acceptors (Lipinski definition) is 3. The molecule has 1 N–H and O–H groups in total. The van der Waals surface area contributed by atoms with Crippen molar-refractivity contribution in [3.05, 3.63) is 71.7 Å². The van der Waals surface area contributed by atoms with Crippen LogP contribution in [0.5, 0.6) is 5.75 Å². The zero-order valence-corrected chi connectivity index (χ0v) is 12.3. The Morgan fingerprint density at radius 3 is 2.95 bits per heavy atom. The van der Waals surface area contributed by atoms with Gasteiger partial charge in [0, 0.05) is 11.6 Å². The van der Waals surface area contributed by atoms with Gasteiger partial charge in [-0.05, 0) is 42.8 Å². The average molecular weight is 295 g/mol.